The van der Waals surface area contributed by atoms with Gasteiger partial charge in [-0.05, 0) is 37.5 Å². The molecular weight excluding hydrogens is 413 g/mol. The third-order valence-corrected chi connectivity index (χ3v) is 5.72. The zero-order valence-corrected chi connectivity index (χ0v) is 18.0. The highest BCUT2D eigenvalue weighted by Crippen LogP contribution is 2.45. The fourth-order valence-electron chi connectivity index (χ4n) is 4.11. The van der Waals surface area contributed by atoms with Gasteiger partial charge in [0.1, 0.15) is 5.82 Å². The Morgan fingerprint density at radius 2 is 1.97 bits per heavy atom. The second-order valence-corrected chi connectivity index (χ2v) is 8.39. The van der Waals surface area contributed by atoms with Gasteiger partial charge in [-0.15, -0.1) is 0 Å². The van der Waals surface area contributed by atoms with Crippen LogP contribution in [-0.2, 0) is 11.8 Å². The van der Waals surface area contributed by atoms with Gasteiger partial charge < -0.3 is 15.3 Å². The number of nitrogens with zero attached hydrogens (tertiary/aromatic N) is 3. The van der Waals surface area contributed by atoms with Crippen LogP contribution in [0.25, 0.3) is 28.2 Å². The molecule has 0 aliphatic heterocycles. The van der Waals surface area contributed by atoms with Crippen LogP contribution in [0.3, 0.4) is 0 Å². The molecule has 0 radical (unpaired) electrons. The normalized spacial score (nSPS) is 16.0. The molecule has 0 unspecified atom stereocenters. The van der Waals surface area contributed by atoms with Crippen LogP contribution in [-0.4, -0.2) is 48.3 Å². The molecule has 0 saturated heterocycles. The van der Waals surface area contributed by atoms with Crippen LogP contribution >= 0.6 is 0 Å². The van der Waals surface area contributed by atoms with Crippen molar-refractivity contribution >= 4 is 23.1 Å². The number of aliphatic hydroxyl groups excluding tert-OH is 2. The van der Waals surface area contributed by atoms with Gasteiger partial charge >= 0.3 is 5.97 Å². The van der Waals surface area contributed by atoms with Crippen molar-refractivity contribution in [2.75, 3.05) is 0 Å². The summed E-state index contributed by atoms with van der Waals surface area (Å²) in [6, 6.07) is 6.26. The summed E-state index contributed by atoms with van der Waals surface area (Å²) in [6.07, 6.45) is 2.67. The number of aromatic nitrogens is 3. The Kier molecular flexibility index (Phi) is 6.08. The predicted octanol–water partition coefficient (Wildman–Crippen LogP) is 3.56. The number of benzene rings is 1. The molecule has 32 heavy (non-hydrogen) atoms. The Labute approximate surface area is 184 Å². The molecular formula is C24H26FN3O4. The van der Waals surface area contributed by atoms with Crippen molar-refractivity contribution in [2.24, 2.45) is 7.05 Å². The standard InChI is InChI=1S/C24H26FN3O4/c1-13-21-22(14-5-7-16(25)8-6-14)19(10-9-17(29)11-18(30)12-20(31)32)23(15-3-4-15)26-24(21)28(2)27-13/h5-10,15,17-18,29-30H,3-4,11-12H2,1-2H3,(H,31,32)/b10-9+/t17-,18-/m1/s1. The van der Waals surface area contributed by atoms with Crippen molar-refractivity contribution in [3.05, 3.63) is 53.1 Å². The number of aryl methyl sites for hydroxylation is 2. The molecule has 1 saturated carbocycles. The first kappa shape index (κ1) is 22.1. The topological polar surface area (TPSA) is 108 Å². The van der Waals surface area contributed by atoms with E-state index in [4.69, 9.17) is 10.1 Å². The van der Waals surface area contributed by atoms with E-state index in [1.165, 1.54) is 12.1 Å². The molecule has 0 spiro atoms. The molecule has 1 aromatic carbocycles. The summed E-state index contributed by atoms with van der Waals surface area (Å²) in [5.74, 6) is -1.16. The van der Waals surface area contributed by atoms with Crippen molar-refractivity contribution in [3.8, 4) is 11.1 Å². The number of aliphatic hydroxyl groups is 2. The van der Waals surface area contributed by atoms with E-state index in [0.717, 1.165) is 52.0 Å². The van der Waals surface area contributed by atoms with E-state index in [2.05, 4.69) is 5.10 Å². The lowest BCUT2D eigenvalue weighted by molar-refractivity contribution is -0.139. The summed E-state index contributed by atoms with van der Waals surface area (Å²) in [5, 5.41) is 34.4. The molecule has 0 bridgehead atoms. The minimum Gasteiger partial charge on any atom is -0.481 e. The lowest BCUT2D eigenvalue weighted by Gasteiger charge is -2.15. The number of halogens is 1. The third-order valence-electron chi connectivity index (χ3n) is 5.72. The first-order chi connectivity index (χ1) is 15.2. The number of hydrogen-bond acceptors (Lipinski definition) is 5. The average Bonchev–Trinajstić information content (AvgIpc) is 3.52. The number of rotatable bonds is 8. The molecule has 7 nitrogen and oxygen atoms in total. The van der Waals surface area contributed by atoms with E-state index in [1.807, 2.05) is 14.0 Å². The number of carbonyl (C=O) groups is 1. The molecule has 0 amide bonds. The number of fused-ring (bicyclic) bond motifs is 1. The van der Waals surface area contributed by atoms with Crippen LogP contribution in [0, 0.1) is 12.7 Å². The molecule has 3 N–H and O–H groups in total. The Balaban J connectivity index is 1.84. The molecule has 1 aliphatic rings. The van der Waals surface area contributed by atoms with Gasteiger partial charge in [-0.25, -0.2) is 9.37 Å². The van der Waals surface area contributed by atoms with Gasteiger partial charge in [0, 0.05) is 30.5 Å². The van der Waals surface area contributed by atoms with Crippen molar-refractivity contribution in [1.29, 1.82) is 0 Å². The Hall–Kier alpha value is -3.10. The van der Waals surface area contributed by atoms with Crippen LogP contribution in [0.5, 0.6) is 0 Å². The Bertz CT molecular complexity index is 1180. The molecule has 3 aromatic rings. The Morgan fingerprint density at radius 3 is 2.59 bits per heavy atom. The van der Waals surface area contributed by atoms with Crippen LogP contribution in [0.4, 0.5) is 4.39 Å². The molecule has 2 aromatic heterocycles. The molecule has 8 heteroatoms. The van der Waals surface area contributed by atoms with E-state index >= 15 is 0 Å². The number of carboxylic acid groups (broad SMARTS) is 1. The summed E-state index contributed by atoms with van der Waals surface area (Å²) in [7, 11) is 1.84. The van der Waals surface area contributed by atoms with Crippen LogP contribution in [0.1, 0.15) is 48.6 Å². The third kappa shape index (κ3) is 4.56. The van der Waals surface area contributed by atoms with E-state index in [0.29, 0.717) is 5.92 Å². The fraction of sp³-hybridized carbons (Fsp3) is 0.375. The van der Waals surface area contributed by atoms with Crippen molar-refractivity contribution < 1.29 is 24.5 Å². The molecule has 1 fully saturated rings. The quantitative estimate of drug-likeness (QED) is 0.495. The van der Waals surface area contributed by atoms with Gasteiger partial charge in [0.25, 0.3) is 0 Å². The minimum atomic E-state index is -1.15. The number of pyridine rings is 1. The van der Waals surface area contributed by atoms with Gasteiger partial charge in [-0.1, -0.05) is 24.3 Å². The summed E-state index contributed by atoms with van der Waals surface area (Å²) < 4.78 is 15.4. The molecule has 2 heterocycles. The Morgan fingerprint density at radius 1 is 1.28 bits per heavy atom. The number of hydrogen-bond donors (Lipinski definition) is 3. The monoisotopic (exact) mass is 439 g/mol. The SMILES string of the molecule is Cc1nn(C)c2nc(C3CC3)c(/C=C/[C@@H](O)C[C@@H](O)CC(=O)O)c(-c3ccc(F)cc3)c12. The van der Waals surface area contributed by atoms with Gasteiger partial charge in [0.2, 0.25) is 0 Å². The van der Waals surface area contributed by atoms with Crippen molar-refractivity contribution in [1.82, 2.24) is 14.8 Å². The molecule has 1 aliphatic carbocycles. The molecule has 168 valence electrons. The van der Waals surface area contributed by atoms with Crippen LogP contribution < -0.4 is 0 Å². The van der Waals surface area contributed by atoms with E-state index in [9.17, 15) is 19.4 Å². The van der Waals surface area contributed by atoms with Gasteiger partial charge in [0.05, 0.1) is 35.4 Å². The maximum atomic E-state index is 13.6. The first-order valence-electron chi connectivity index (χ1n) is 10.6. The summed E-state index contributed by atoms with van der Waals surface area (Å²) in [6.45, 7) is 1.90. The van der Waals surface area contributed by atoms with E-state index in [-0.39, 0.29) is 12.2 Å². The highest BCUT2D eigenvalue weighted by atomic mass is 19.1. The second kappa shape index (κ2) is 8.80. The zero-order valence-electron chi connectivity index (χ0n) is 18.0. The minimum absolute atomic E-state index is 0.0883. The van der Waals surface area contributed by atoms with Crippen LogP contribution in [0.2, 0.25) is 0 Å². The highest BCUT2D eigenvalue weighted by molar-refractivity contribution is 6.00. The summed E-state index contributed by atoms with van der Waals surface area (Å²) in [4.78, 5) is 15.7. The van der Waals surface area contributed by atoms with Crippen molar-refractivity contribution in [2.45, 2.75) is 50.7 Å². The smallest absolute Gasteiger partial charge is 0.305 e. The van der Waals surface area contributed by atoms with E-state index < -0.39 is 24.6 Å². The highest BCUT2D eigenvalue weighted by Gasteiger charge is 2.31. The second-order valence-electron chi connectivity index (χ2n) is 8.39. The summed E-state index contributed by atoms with van der Waals surface area (Å²) in [5.41, 5.74) is 4.96. The lowest BCUT2D eigenvalue weighted by Crippen LogP contribution is -2.19. The van der Waals surface area contributed by atoms with Gasteiger partial charge in [-0.2, -0.15) is 5.10 Å². The first-order valence-corrected chi connectivity index (χ1v) is 10.6. The zero-order chi connectivity index (χ0) is 23.0. The largest absolute Gasteiger partial charge is 0.481 e. The maximum absolute atomic E-state index is 13.6. The summed E-state index contributed by atoms with van der Waals surface area (Å²) >= 11 is 0. The molecule has 2 atom stereocenters. The van der Waals surface area contributed by atoms with Gasteiger partial charge in [-0.3, -0.25) is 9.48 Å². The fourth-order valence-corrected chi connectivity index (χ4v) is 4.11. The molecule has 4 rings (SSSR count). The van der Waals surface area contributed by atoms with Crippen molar-refractivity contribution in [3.63, 3.8) is 0 Å². The average molecular weight is 439 g/mol. The van der Waals surface area contributed by atoms with E-state index in [1.54, 1.807) is 29.0 Å². The van der Waals surface area contributed by atoms with Gasteiger partial charge in [0.15, 0.2) is 5.65 Å². The maximum Gasteiger partial charge on any atom is 0.305 e. The van der Waals surface area contributed by atoms with Crippen LogP contribution in [0.15, 0.2) is 30.3 Å². The number of aliphatic carboxylic acids is 1. The lowest BCUT2D eigenvalue weighted by atomic mass is 9.92. The predicted molar refractivity (Wildman–Crippen MR) is 119 cm³/mol. The number of carboxylic acids is 1.